The van der Waals surface area contributed by atoms with E-state index in [1.165, 1.54) is 10.6 Å². The van der Waals surface area contributed by atoms with Crippen molar-refractivity contribution in [2.45, 2.75) is 6.54 Å². The van der Waals surface area contributed by atoms with Gasteiger partial charge in [0.15, 0.2) is 11.4 Å². The van der Waals surface area contributed by atoms with Crippen LogP contribution in [0.1, 0.15) is 10.4 Å². The molecule has 0 atom stereocenters. The van der Waals surface area contributed by atoms with Crippen molar-refractivity contribution in [1.82, 2.24) is 33.9 Å². The number of nitrogens with zero attached hydrogens (tertiary/aromatic N) is 7. The third kappa shape index (κ3) is 4.80. The Balaban J connectivity index is 1.16. The van der Waals surface area contributed by atoms with Crippen molar-refractivity contribution >= 4 is 34.2 Å². The van der Waals surface area contributed by atoms with E-state index in [0.717, 1.165) is 0 Å². The number of benzene rings is 1. The highest BCUT2D eigenvalue weighted by atomic mass is 19.1. The summed E-state index contributed by atoms with van der Waals surface area (Å²) in [4.78, 5) is 34.0. The summed E-state index contributed by atoms with van der Waals surface area (Å²) in [6.45, 7) is 3.47. The fraction of sp³-hybridized carbons (Fsp3) is 0.333. The Morgan fingerprint density at radius 2 is 1.98 bits per heavy atom. The fourth-order valence-corrected chi connectivity index (χ4v) is 5.30. The average molecular weight is 564 g/mol. The van der Waals surface area contributed by atoms with Crippen LogP contribution in [0.15, 0.2) is 51.9 Å². The lowest BCUT2D eigenvalue weighted by Crippen LogP contribution is -2.47. The minimum atomic E-state index is -0.470. The van der Waals surface area contributed by atoms with E-state index < -0.39 is 11.7 Å². The van der Waals surface area contributed by atoms with E-state index in [1.54, 1.807) is 46.7 Å². The molecule has 214 valence electrons. The molecule has 13 nitrogen and oxygen atoms in total. The maximum Gasteiger partial charge on any atom is 0.330 e. The lowest BCUT2D eigenvalue weighted by molar-refractivity contribution is 0.0944. The quantitative estimate of drug-likeness (QED) is 0.250. The van der Waals surface area contributed by atoms with Crippen molar-refractivity contribution in [3.8, 4) is 11.5 Å². The molecule has 0 aliphatic carbocycles. The molecule has 1 aliphatic heterocycles. The Labute approximate surface area is 233 Å². The summed E-state index contributed by atoms with van der Waals surface area (Å²) >= 11 is 0. The maximum absolute atomic E-state index is 14.9. The monoisotopic (exact) mass is 563 g/mol. The molecule has 1 aliphatic rings. The largest absolute Gasteiger partial charge is 0.463 e. The van der Waals surface area contributed by atoms with Gasteiger partial charge in [0.2, 0.25) is 5.95 Å². The first-order valence-corrected chi connectivity index (χ1v) is 13.3. The number of furan rings is 1. The molecule has 0 spiro atoms. The minimum Gasteiger partial charge on any atom is -0.463 e. The number of hydrogen-bond donors (Lipinski definition) is 3. The van der Waals surface area contributed by atoms with Gasteiger partial charge in [0.05, 0.1) is 24.1 Å². The van der Waals surface area contributed by atoms with E-state index in [9.17, 15) is 14.0 Å². The molecule has 1 fully saturated rings. The van der Waals surface area contributed by atoms with Crippen molar-refractivity contribution in [2.75, 3.05) is 56.5 Å². The number of nitrogens with two attached hydrogens (primary N) is 1. The Hall–Kier alpha value is -4.69. The second-order valence-corrected chi connectivity index (χ2v) is 9.91. The van der Waals surface area contributed by atoms with Gasteiger partial charge in [-0.05, 0) is 36.4 Å². The number of carbonyl (C=O) groups is 1. The van der Waals surface area contributed by atoms with Crippen LogP contribution in [0.25, 0.3) is 28.1 Å². The summed E-state index contributed by atoms with van der Waals surface area (Å²) in [6, 6.07) is 9.81. The van der Waals surface area contributed by atoms with Crippen LogP contribution < -0.4 is 21.6 Å². The first-order valence-electron chi connectivity index (χ1n) is 13.3. The number of nitrogens with one attached hydrogen (secondary N) is 1. The molecule has 0 radical (unpaired) electrons. The van der Waals surface area contributed by atoms with Crippen LogP contribution in [-0.4, -0.2) is 85.5 Å². The Morgan fingerprint density at radius 1 is 1.17 bits per heavy atom. The molecule has 41 heavy (non-hydrogen) atoms. The van der Waals surface area contributed by atoms with E-state index in [1.807, 2.05) is 11.0 Å². The standard InChI is InChI=1S/C27H30FN9O4/c1-33-23-21-16-19(22-3-2-14-41-22)32-37(21)26(29)31-24(23)36(27(33)40)12-9-34-7-10-35(11-8-34)20-5-4-17(15-18(20)28)25(39)30-6-13-38/h2-5,14-16,38H,6-13H2,1H3,(H2,29,31)(H,30,39). The first kappa shape index (κ1) is 26.5. The van der Waals surface area contributed by atoms with Crippen LogP contribution in [0.2, 0.25) is 0 Å². The molecule has 5 heterocycles. The summed E-state index contributed by atoms with van der Waals surface area (Å²) in [5, 5.41) is 15.9. The van der Waals surface area contributed by atoms with Gasteiger partial charge in [-0.1, -0.05) is 0 Å². The number of piperazine rings is 1. The number of aryl methyl sites for hydroxylation is 1. The predicted molar refractivity (Wildman–Crippen MR) is 150 cm³/mol. The average Bonchev–Trinajstić information content (AvgIpc) is 3.71. The minimum absolute atomic E-state index is 0.110. The molecule has 1 aromatic carbocycles. The molecule has 4 N–H and O–H groups in total. The van der Waals surface area contributed by atoms with Crippen molar-refractivity contribution < 1.29 is 18.7 Å². The summed E-state index contributed by atoms with van der Waals surface area (Å²) in [7, 11) is 1.70. The van der Waals surface area contributed by atoms with Gasteiger partial charge in [-0.25, -0.2) is 9.18 Å². The number of fused-ring (bicyclic) bond motifs is 3. The molecule has 14 heteroatoms. The number of nitrogen functional groups attached to an aromatic ring is 1. The molecule has 0 unspecified atom stereocenters. The number of anilines is 2. The second kappa shape index (κ2) is 10.7. The highest BCUT2D eigenvalue weighted by Gasteiger charge is 2.23. The van der Waals surface area contributed by atoms with Gasteiger partial charge in [0.25, 0.3) is 5.91 Å². The van der Waals surface area contributed by atoms with Crippen LogP contribution in [0.4, 0.5) is 16.0 Å². The number of imidazole rings is 1. The zero-order valence-corrected chi connectivity index (χ0v) is 22.5. The Bertz CT molecular complexity index is 1780. The SMILES string of the molecule is Cn1c(=O)n(CCN2CCN(c3ccc(C(=O)NCCO)cc3F)CC2)c2nc(N)n3nc(-c4ccco4)cc3c21. The number of aliphatic hydroxyl groups excluding tert-OH is 1. The smallest absolute Gasteiger partial charge is 0.330 e. The number of aliphatic hydroxyl groups is 1. The Morgan fingerprint density at radius 3 is 2.68 bits per heavy atom. The zero-order chi connectivity index (χ0) is 28.7. The number of amides is 1. The van der Waals surface area contributed by atoms with Gasteiger partial charge in [-0.15, -0.1) is 0 Å². The van der Waals surface area contributed by atoms with Crippen LogP contribution in [0.3, 0.4) is 0 Å². The predicted octanol–water partition coefficient (Wildman–Crippen LogP) is 0.908. The van der Waals surface area contributed by atoms with Crippen molar-refractivity contribution in [3.05, 3.63) is 64.5 Å². The van der Waals surface area contributed by atoms with Crippen LogP contribution in [0, 0.1) is 5.82 Å². The number of halogens is 1. The number of rotatable bonds is 8. The fourth-order valence-electron chi connectivity index (χ4n) is 5.30. The van der Waals surface area contributed by atoms with Gasteiger partial charge in [0.1, 0.15) is 17.0 Å². The molecular weight excluding hydrogens is 533 g/mol. The molecule has 5 aromatic rings. The normalized spacial score (nSPS) is 14.4. The summed E-state index contributed by atoms with van der Waals surface area (Å²) in [6.07, 6.45) is 1.57. The topological polar surface area (TPSA) is 152 Å². The third-order valence-electron chi connectivity index (χ3n) is 7.44. The van der Waals surface area contributed by atoms with Crippen molar-refractivity contribution in [3.63, 3.8) is 0 Å². The van der Waals surface area contributed by atoms with Gasteiger partial charge < -0.3 is 25.5 Å². The lowest BCUT2D eigenvalue weighted by atomic mass is 10.1. The number of carbonyl (C=O) groups excluding carboxylic acids is 1. The second-order valence-electron chi connectivity index (χ2n) is 9.91. The highest BCUT2D eigenvalue weighted by molar-refractivity contribution is 5.94. The molecule has 1 amide bonds. The summed E-state index contributed by atoms with van der Waals surface area (Å²) in [5.41, 5.74) is 9.04. The van der Waals surface area contributed by atoms with E-state index in [2.05, 4.69) is 20.3 Å². The first-order chi connectivity index (χ1) is 19.9. The summed E-state index contributed by atoms with van der Waals surface area (Å²) < 4.78 is 25.0. The van der Waals surface area contributed by atoms with Gasteiger partial charge >= 0.3 is 5.69 Å². The molecule has 0 saturated carbocycles. The summed E-state index contributed by atoms with van der Waals surface area (Å²) in [5.74, 6) is -0.148. The molecule has 6 rings (SSSR count). The van der Waals surface area contributed by atoms with Gasteiger partial charge in [0, 0.05) is 58.4 Å². The van der Waals surface area contributed by atoms with Gasteiger partial charge in [-0.3, -0.25) is 18.8 Å². The number of aromatic nitrogens is 5. The number of hydrogen-bond acceptors (Lipinski definition) is 9. The maximum atomic E-state index is 14.9. The molecule has 1 saturated heterocycles. The van der Waals surface area contributed by atoms with Crippen molar-refractivity contribution in [2.24, 2.45) is 7.05 Å². The van der Waals surface area contributed by atoms with E-state index >= 15 is 0 Å². The van der Waals surface area contributed by atoms with E-state index in [0.29, 0.717) is 73.1 Å². The molecule has 0 bridgehead atoms. The van der Waals surface area contributed by atoms with Crippen molar-refractivity contribution in [1.29, 1.82) is 0 Å². The lowest BCUT2D eigenvalue weighted by Gasteiger charge is -2.36. The van der Waals surface area contributed by atoms with Crippen LogP contribution in [0.5, 0.6) is 0 Å². The van der Waals surface area contributed by atoms with Gasteiger partial charge in [-0.2, -0.15) is 14.6 Å². The zero-order valence-electron chi connectivity index (χ0n) is 22.5. The van der Waals surface area contributed by atoms with Crippen LogP contribution >= 0.6 is 0 Å². The van der Waals surface area contributed by atoms with E-state index in [4.69, 9.17) is 15.3 Å². The molecule has 4 aromatic heterocycles. The molecular formula is C27H30FN9O4. The van der Waals surface area contributed by atoms with Crippen LogP contribution in [-0.2, 0) is 13.6 Å². The third-order valence-corrected chi connectivity index (χ3v) is 7.44. The van der Waals surface area contributed by atoms with E-state index in [-0.39, 0.29) is 30.4 Å². The highest BCUT2D eigenvalue weighted by Crippen LogP contribution is 2.26. The Kier molecular flexibility index (Phi) is 6.93.